The highest BCUT2D eigenvalue weighted by molar-refractivity contribution is 7.94. The number of rotatable bonds is 3. The molecule has 0 bridgehead atoms. The maximum absolute atomic E-state index is 11.8. The van der Waals surface area contributed by atoms with E-state index >= 15 is 0 Å². The maximum Gasteiger partial charge on any atom is 0.273 e. The number of aromatic nitrogens is 1. The van der Waals surface area contributed by atoms with E-state index in [0.717, 1.165) is 11.3 Å². The number of aryl methyl sites for hydroxylation is 1. The summed E-state index contributed by atoms with van der Waals surface area (Å²) >= 11 is 1.15. The van der Waals surface area contributed by atoms with Crippen molar-refractivity contribution in [2.75, 3.05) is 4.72 Å². The third-order valence-electron chi connectivity index (χ3n) is 2.14. The zero-order chi connectivity index (χ0) is 11.8. The third kappa shape index (κ3) is 1.96. The summed E-state index contributed by atoms with van der Waals surface area (Å²) < 4.78 is 31.2. The summed E-state index contributed by atoms with van der Waals surface area (Å²) in [4.78, 5) is 0. The molecule has 0 aliphatic heterocycles. The highest BCUT2D eigenvalue weighted by Crippen LogP contribution is 2.23. The number of sulfonamides is 1. The molecule has 2 aromatic heterocycles. The van der Waals surface area contributed by atoms with Crippen LogP contribution < -0.4 is 4.72 Å². The van der Waals surface area contributed by atoms with Gasteiger partial charge in [-0.1, -0.05) is 11.2 Å². The number of anilines is 1. The molecule has 0 amide bonds. The smallest absolute Gasteiger partial charge is 0.273 e. The van der Waals surface area contributed by atoms with E-state index in [1.54, 1.807) is 25.3 Å². The lowest BCUT2D eigenvalue weighted by molar-refractivity contribution is 0.430. The molecule has 5 nitrogen and oxygen atoms in total. The molecular formula is C9H10N2O3S2. The Hall–Kier alpha value is -1.34. The van der Waals surface area contributed by atoms with Gasteiger partial charge in [0.25, 0.3) is 10.0 Å². The summed E-state index contributed by atoms with van der Waals surface area (Å²) in [5, 5.41) is 5.38. The van der Waals surface area contributed by atoms with Gasteiger partial charge < -0.3 is 4.52 Å². The summed E-state index contributed by atoms with van der Waals surface area (Å²) in [6.07, 6.45) is 0. The molecule has 0 saturated carbocycles. The Kier molecular flexibility index (Phi) is 2.73. The highest BCUT2D eigenvalue weighted by atomic mass is 32.2. The molecule has 0 aliphatic carbocycles. The lowest BCUT2D eigenvalue weighted by Crippen LogP contribution is -2.11. The minimum absolute atomic E-state index is 0.172. The van der Waals surface area contributed by atoms with Gasteiger partial charge in [0.05, 0.1) is 5.69 Å². The summed E-state index contributed by atoms with van der Waals surface area (Å²) in [7, 11) is -3.54. The number of nitrogens with zero attached hydrogens (tertiary/aromatic N) is 1. The van der Waals surface area contributed by atoms with Crippen LogP contribution in [-0.2, 0) is 10.0 Å². The second-order valence-corrected chi connectivity index (χ2v) is 6.12. The van der Waals surface area contributed by atoms with Crippen LogP contribution >= 0.6 is 11.3 Å². The van der Waals surface area contributed by atoms with Gasteiger partial charge in [0.2, 0.25) is 5.88 Å². The Bertz CT molecular complexity index is 584. The van der Waals surface area contributed by atoms with E-state index in [4.69, 9.17) is 4.52 Å². The first kappa shape index (κ1) is 11.2. The van der Waals surface area contributed by atoms with Crippen molar-refractivity contribution in [2.24, 2.45) is 0 Å². The lowest BCUT2D eigenvalue weighted by atomic mass is 10.3. The predicted octanol–water partition coefficient (Wildman–Crippen LogP) is 2.15. The van der Waals surface area contributed by atoms with Crippen LogP contribution in [0.2, 0.25) is 0 Å². The Labute approximate surface area is 97.1 Å². The molecule has 0 aliphatic rings. The molecule has 16 heavy (non-hydrogen) atoms. The van der Waals surface area contributed by atoms with Crippen molar-refractivity contribution in [3.63, 3.8) is 0 Å². The minimum Gasteiger partial charge on any atom is -0.337 e. The highest BCUT2D eigenvalue weighted by Gasteiger charge is 2.19. The van der Waals surface area contributed by atoms with Gasteiger partial charge in [0, 0.05) is 5.56 Å². The van der Waals surface area contributed by atoms with Crippen molar-refractivity contribution < 1.29 is 12.9 Å². The van der Waals surface area contributed by atoms with Gasteiger partial charge in [-0.15, -0.1) is 11.3 Å². The molecule has 2 aromatic rings. The summed E-state index contributed by atoms with van der Waals surface area (Å²) in [5.74, 6) is 0.172. The lowest BCUT2D eigenvalue weighted by Gasteiger charge is -2.02. The molecule has 0 saturated heterocycles. The zero-order valence-electron chi connectivity index (χ0n) is 8.72. The molecule has 0 aromatic carbocycles. The van der Waals surface area contributed by atoms with E-state index in [1.165, 1.54) is 6.07 Å². The largest absolute Gasteiger partial charge is 0.337 e. The van der Waals surface area contributed by atoms with E-state index in [-0.39, 0.29) is 10.1 Å². The fourth-order valence-corrected chi connectivity index (χ4v) is 3.14. The van der Waals surface area contributed by atoms with Gasteiger partial charge in [-0.05, 0) is 25.3 Å². The number of thiophene rings is 1. The van der Waals surface area contributed by atoms with Crippen LogP contribution in [0.3, 0.4) is 0 Å². The standard InChI is InChI=1S/C9H10N2O3S2/c1-6-7(2)10-14-9(6)11-16(12,13)8-4-3-5-15-8/h3-5,11H,1-2H3. The second kappa shape index (κ2) is 3.91. The van der Waals surface area contributed by atoms with Gasteiger partial charge in [0.15, 0.2) is 0 Å². The zero-order valence-corrected chi connectivity index (χ0v) is 10.4. The quantitative estimate of drug-likeness (QED) is 0.915. The van der Waals surface area contributed by atoms with Gasteiger partial charge in [-0.25, -0.2) is 13.1 Å². The predicted molar refractivity (Wildman–Crippen MR) is 61.1 cm³/mol. The van der Waals surface area contributed by atoms with Crippen molar-refractivity contribution in [3.8, 4) is 0 Å². The van der Waals surface area contributed by atoms with Crippen molar-refractivity contribution in [1.82, 2.24) is 5.16 Å². The maximum atomic E-state index is 11.8. The summed E-state index contributed by atoms with van der Waals surface area (Å²) in [5.41, 5.74) is 1.36. The summed E-state index contributed by atoms with van der Waals surface area (Å²) in [6.45, 7) is 3.50. The van der Waals surface area contributed by atoms with E-state index < -0.39 is 10.0 Å². The van der Waals surface area contributed by atoms with Crippen LogP contribution in [0.15, 0.2) is 26.2 Å². The Morgan fingerprint density at radius 3 is 2.69 bits per heavy atom. The molecule has 86 valence electrons. The van der Waals surface area contributed by atoms with Crippen molar-refractivity contribution in [3.05, 3.63) is 28.8 Å². The van der Waals surface area contributed by atoms with Crippen LogP contribution in [0.4, 0.5) is 5.88 Å². The summed E-state index contributed by atoms with van der Waals surface area (Å²) in [6, 6.07) is 3.21. The van der Waals surface area contributed by atoms with Crippen LogP contribution in [0.5, 0.6) is 0 Å². The monoisotopic (exact) mass is 258 g/mol. The van der Waals surface area contributed by atoms with Crippen LogP contribution in [-0.4, -0.2) is 13.6 Å². The number of nitrogens with one attached hydrogen (secondary N) is 1. The van der Waals surface area contributed by atoms with Crippen LogP contribution in [0, 0.1) is 13.8 Å². The molecule has 7 heteroatoms. The Morgan fingerprint density at radius 1 is 1.44 bits per heavy atom. The van der Waals surface area contributed by atoms with Crippen LogP contribution in [0.1, 0.15) is 11.3 Å². The molecule has 0 unspecified atom stereocenters. The molecule has 0 atom stereocenters. The van der Waals surface area contributed by atoms with Gasteiger partial charge >= 0.3 is 0 Å². The minimum atomic E-state index is -3.54. The normalized spacial score (nSPS) is 11.6. The number of hydrogen-bond acceptors (Lipinski definition) is 5. The molecule has 1 N–H and O–H groups in total. The molecular weight excluding hydrogens is 248 g/mol. The Balaban J connectivity index is 2.32. The average Bonchev–Trinajstić information content (AvgIpc) is 2.83. The van der Waals surface area contributed by atoms with Crippen molar-refractivity contribution in [2.45, 2.75) is 18.1 Å². The molecule has 0 radical (unpaired) electrons. The SMILES string of the molecule is Cc1noc(NS(=O)(=O)c2cccs2)c1C. The molecule has 2 rings (SSSR count). The van der Waals surface area contributed by atoms with Gasteiger partial charge in [-0.3, -0.25) is 0 Å². The fourth-order valence-electron chi connectivity index (χ4n) is 1.10. The molecule has 0 fully saturated rings. The average molecular weight is 258 g/mol. The van der Waals surface area contributed by atoms with Crippen molar-refractivity contribution >= 4 is 27.2 Å². The van der Waals surface area contributed by atoms with Crippen LogP contribution in [0.25, 0.3) is 0 Å². The number of hydrogen-bond donors (Lipinski definition) is 1. The van der Waals surface area contributed by atoms with E-state index in [9.17, 15) is 8.42 Å². The van der Waals surface area contributed by atoms with E-state index in [0.29, 0.717) is 11.3 Å². The van der Waals surface area contributed by atoms with Gasteiger partial charge in [0.1, 0.15) is 4.21 Å². The first-order valence-electron chi connectivity index (χ1n) is 4.50. The van der Waals surface area contributed by atoms with E-state index in [2.05, 4.69) is 9.88 Å². The Morgan fingerprint density at radius 2 is 2.19 bits per heavy atom. The third-order valence-corrected chi connectivity index (χ3v) is 4.87. The van der Waals surface area contributed by atoms with E-state index in [1.807, 2.05) is 0 Å². The first-order chi connectivity index (χ1) is 7.50. The molecule has 0 spiro atoms. The second-order valence-electron chi connectivity index (χ2n) is 3.26. The fraction of sp³-hybridized carbons (Fsp3) is 0.222. The molecule has 2 heterocycles. The first-order valence-corrected chi connectivity index (χ1v) is 6.86. The van der Waals surface area contributed by atoms with Gasteiger partial charge in [-0.2, -0.15) is 0 Å². The topological polar surface area (TPSA) is 72.2 Å². The van der Waals surface area contributed by atoms with Crippen molar-refractivity contribution in [1.29, 1.82) is 0 Å².